The average molecular weight is 219 g/mol. The highest BCUT2D eigenvalue weighted by Gasteiger charge is 2.06. The minimum absolute atomic E-state index is 0.130. The molecule has 0 aliphatic heterocycles. The minimum atomic E-state index is 0.130. The van der Waals surface area contributed by atoms with Gasteiger partial charge in [0.1, 0.15) is 0 Å². The van der Waals surface area contributed by atoms with Gasteiger partial charge in [0.05, 0.1) is 0 Å². The van der Waals surface area contributed by atoms with Gasteiger partial charge in [0.2, 0.25) is 5.91 Å². The molecule has 0 atom stereocenters. The molecule has 1 rings (SSSR count). The number of aryl methyl sites for hydroxylation is 2. The van der Waals surface area contributed by atoms with E-state index in [0.717, 1.165) is 36.1 Å². The summed E-state index contributed by atoms with van der Waals surface area (Å²) < 4.78 is 0. The standard InChI is InChI=1S/C14H21NO/c1-4-5-6-10-13(16)15-14-11(2)8-7-9-12(14)3/h7-9H,4-6,10H2,1-3H3,(H,15,16). The number of amides is 1. The van der Waals surface area contributed by atoms with Crippen LogP contribution in [0.1, 0.15) is 43.7 Å². The highest BCUT2D eigenvalue weighted by molar-refractivity contribution is 5.92. The molecule has 0 aliphatic carbocycles. The summed E-state index contributed by atoms with van der Waals surface area (Å²) >= 11 is 0. The molecule has 1 aromatic rings. The number of anilines is 1. The van der Waals surface area contributed by atoms with Gasteiger partial charge in [0, 0.05) is 12.1 Å². The third-order valence-electron chi connectivity index (χ3n) is 2.75. The van der Waals surface area contributed by atoms with Gasteiger partial charge in [-0.3, -0.25) is 4.79 Å². The lowest BCUT2D eigenvalue weighted by molar-refractivity contribution is -0.116. The lowest BCUT2D eigenvalue weighted by Crippen LogP contribution is -2.13. The summed E-state index contributed by atoms with van der Waals surface area (Å²) in [6.07, 6.45) is 3.88. The summed E-state index contributed by atoms with van der Waals surface area (Å²) in [4.78, 5) is 11.7. The molecule has 0 unspecified atom stereocenters. The first kappa shape index (κ1) is 12.8. The zero-order chi connectivity index (χ0) is 12.0. The van der Waals surface area contributed by atoms with E-state index in [9.17, 15) is 4.79 Å². The zero-order valence-electron chi connectivity index (χ0n) is 10.5. The molecular weight excluding hydrogens is 198 g/mol. The molecule has 2 nitrogen and oxygen atoms in total. The van der Waals surface area contributed by atoms with Gasteiger partial charge in [-0.2, -0.15) is 0 Å². The van der Waals surface area contributed by atoms with Crippen LogP contribution >= 0.6 is 0 Å². The van der Waals surface area contributed by atoms with Crippen LogP contribution in [0, 0.1) is 13.8 Å². The Balaban J connectivity index is 2.56. The van der Waals surface area contributed by atoms with Crippen LogP contribution in [0.3, 0.4) is 0 Å². The average Bonchev–Trinajstić information content (AvgIpc) is 2.24. The highest BCUT2D eigenvalue weighted by atomic mass is 16.1. The minimum Gasteiger partial charge on any atom is -0.326 e. The molecule has 0 heterocycles. The molecule has 1 N–H and O–H groups in total. The van der Waals surface area contributed by atoms with Gasteiger partial charge in [0.15, 0.2) is 0 Å². The van der Waals surface area contributed by atoms with E-state index < -0.39 is 0 Å². The van der Waals surface area contributed by atoms with E-state index >= 15 is 0 Å². The van der Waals surface area contributed by atoms with Gasteiger partial charge in [0.25, 0.3) is 0 Å². The Morgan fingerprint density at radius 2 is 1.81 bits per heavy atom. The second-order valence-electron chi connectivity index (χ2n) is 4.27. The largest absolute Gasteiger partial charge is 0.326 e. The smallest absolute Gasteiger partial charge is 0.224 e. The Kier molecular flexibility index (Phi) is 5.03. The molecule has 0 radical (unpaired) electrons. The number of hydrogen-bond donors (Lipinski definition) is 1. The van der Waals surface area contributed by atoms with Crippen molar-refractivity contribution in [3.05, 3.63) is 29.3 Å². The molecule has 1 aromatic carbocycles. The van der Waals surface area contributed by atoms with Crippen LogP contribution in [-0.4, -0.2) is 5.91 Å². The Morgan fingerprint density at radius 3 is 2.38 bits per heavy atom. The molecule has 0 saturated heterocycles. The van der Waals surface area contributed by atoms with E-state index in [-0.39, 0.29) is 5.91 Å². The first-order chi connectivity index (χ1) is 7.65. The van der Waals surface area contributed by atoms with Crippen molar-refractivity contribution in [1.82, 2.24) is 0 Å². The van der Waals surface area contributed by atoms with E-state index in [1.807, 2.05) is 32.0 Å². The fourth-order valence-electron chi connectivity index (χ4n) is 1.75. The highest BCUT2D eigenvalue weighted by Crippen LogP contribution is 2.19. The SMILES string of the molecule is CCCCCC(=O)Nc1c(C)cccc1C. The quantitative estimate of drug-likeness (QED) is 0.749. The Hall–Kier alpha value is -1.31. The van der Waals surface area contributed by atoms with E-state index in [0.29, 0.717) is 6.42 Å². The third-order valence-corrected chi connectivity index (χ3v) is 2.75. The maximum atomic E-state index is 11.7. The summed E-state index contributed by atoms with van der Waals surface area (Å²) in [7, 11) is 0. The Bertz CT molecular complexity index is 338. The molecule has 88 valence electrons. The van der Waals surface area contributed by atoms with Crippen molar-refractivity contribution in [2.75, 3.05) is 5.32 Å². The molecule has 0 fully saturated rings. The Morgan fingerprint density at radius 1 is 1.19 bits per heavy atom. The Labute approximate surface area is 98.1 Å². The topological polar surface area (TPSA) is 29.1 Å². The summed E-state index contributed by atoms with van der Waals surface area (Å²) in [5.41, 5.74) is 3.23. The third kappa shape index (κ3) is 3.69. The van der Waals surface area contributed by atoms with Crippen molar-refractivity contribution in [1.29, 1.82) is 0 Å². The maximum absolute atomic E-state index is 11.7. The predicted molar refractivity (Wildman–Crippen MR) is 68.7 cm³/mol. The number of carbonyl (C=O) groups is 1. The molecule has 0 aliphatic rings. The number of nitrogens with one attached hydrogen (secondary N) is 1. The zero-order valence-corrected chi connectivity index (χ0v) is 10.5. The van der Waals surface area contributed by atoms with Crippen LogP contribution < -0.4 is 5.32 Å². The molecule has 0 spiro atoms. The van der Waals surface area contributed by atoms with Crippen LogP contribution in [0.2, 0.25) is 0 Å². The van der Waals surface area contributed by atoms with Crippen LogP contribution in [0.4, 0.5) is 5.69 Å². The lowest BCUT2D eigenvalue weighted by Gasteiger charge is -2.11. The molecule has 0 saturated carbocycles. The molecule has 1 amide bonds. The lowest BCUT2D eigenvalue weighted by atomic mass is 10.1. The second-order valence-corrected chi connectivity index (χ2v) is 4.27. The number of unbranched alkanes of at least 4 members (excludes halogenated alkanes) is 2. The summed E-state index contributed by atoms with van der Waals surface area (Å²) in [6, 6.07) is 6.06. The predicted octanol–water partition coefficient (Wildman–Crippen LogP) is 3.82. The number of para-hydroxylation sites is 1. The number of carbonyl (C=O) groups excluding carboxylic acids is 1. The van der Waals surface area contributed by atoms with Gasteiger partial charge in [-0.05, 0) is 31.4 Å². The van der Waals surface area contributed by atoms with Crippen molar-refractivity contribution in [2.24, 2.45) is 0 Å². The fourth-order valence-corrected chi connectivity index (χ4v) is 1.75. The van der Waals surface area contributed by atoms with Crippen LogP contribution in [0.5, 0.6) is 0 Å². The van der Waals surface area contributed by atoms with Crippen molar-refractivity contribution in [3.63, 3.8) is 0 Å². The first-order valence-electron chi connectivity index (χ1n) is 6.01. The first-order valence-corrected chi connectivity index (χ1v) is 6.01. The van der Waals surface area contributed by atoms with E-state index in [4.69, 9.17) is 0 Å². The summed E-state index contributed by atoms with van der Waals surface area (Å²) in [6.45, 7) is 6.19. The second kappa shape index (κ2) is 6.31. The molecule has 0 aromatic heterocycles. The van der Waals surface area contributed by atoms with Crippen LogP contribution in [0.25, 0.3) is 0 Å². The number of benzene rings is 1. The fraction of sp³-hybridized carbons (Fsp3) is 0.500. The van der Waals surface area contributed by atoms with E-state index in [1.54, 1.807) is 0 Å². The van der Waals surface area contributed by atoms with Gasteiger partial charge < -0.3 is 5.32 Å². The molecule has 16 heavy (non-hydrogen) atoms. The van der Waals surface area contributed by atoms with E-state index in [1.165, 1.54) is 0 Å². The molecule has 2 heteroatoms. The summed E-state index contributed by atoms with van der Waals surface area (Å²) in [5, 5.41) is 3.00. The van der Waals surface area contributed by atoms with Crippen molar-refractivity contribution < 1.29 is 4.79 Å². The van der Waals surface area contributed by atoms with Gasteiger partial charge in [-0.15, -0.1) is 0 Å². The van der Waals surface area contributed by atoms with Gasteiger partial charge >= 0.3 is 0 Å². The van der Waals surface area contributed by atoms with Crippen molar-refractivity contribution >= 4 is 11.6 Å². The van der Waals surface area contributed by atoms with Gasteiger partial charge in [-0.1, -0.05) is 38.0 Å². The molecule has 0 bridgehead atoms. The molecular formula is C14H21NO. The van der Waals surface area contributed by atoms with E-state index in [2.05, 4.69) is 12.2 Å². The maximum Gasteiger partial charge on any atom is 0.224 e. The normalized spacial score (nSPS) is 10.2. The van der Waals surface area contributed by atoms with Crippen LogP contribution in [0.15, 0.2) is 18.2 Å². The number of hydrogen-bond acceptors (Lipinski definition) is 1. The van der Waals surface area contributed by atoms with Gasteiger partial charge in [-0.25, -0.2) is 0 Å². The summed E-state index contributed by atoms with van der Waals surface area (Å²) in [5.74, 6) is 0.130. The monoisotopic (exact) mass is 219 g/mol. The van der Waals surface area contributed by atoms with Crippen molar-refractivity contribution in [2.45, 2.75) is 46.5 Å². The number of rotatable bonds is 5. The van der Waals surface area contributed by atoms with Crippen LogP contribution in [-0.2, 0) is 4.79 Å². The van der Waals surface area contributed by atoms with Crippen molar-refractivity contribution in [3.8, 4) is 0 Å².